The maximum absolute atomic E-state index is 12.2. The lowest BCUT2D eigenvalue weighted by Gasteiger charge is -2.19. The van der Waals surface area contributed by atoms with Crippen molar-refractivity contribution in [2.75, 3.05) is 16.8 Å². The molecule has 0 unspecified atom stereocenters. The van der Waals surface area contributed by atoms with Gasteiger partial charge in [-0.15, -0.1) is 13.2 Å². The quantitative estimate of drug-likeness (QED) is 0.737. The highest BCUT2D eigenvalue weighted by atomic mass is 19.4. The minimum Gasteiger partial charge on any atom is -0.406 e. The number of aryl methyl sites for hydroxylation is 1. The van der Waals surface area contributed by atoms with Gasteiger partial charge in [-0.2, -0.15) is 0 Å². The summed E-state index contributed by atoms with van der Waals surface area (Å²) in [6.07, 6.45) is -0.590. The first-order valence-corrected chi connectivity index (χ1v) is 8.97. The summed E-state index contributed by atoms with van der Waals surface area (Å²) in [5, 5.41) is 2.72. The Kier molecular flexibility index (Phi) is 5.91. The van der Waals surface area contributed by atoms with E-state index in [4.69, 9.17) is 0 Å². The van der Waals surface area contributed by atoms with Gasteiger partial charge in [-0.3, -0.25) is 9.59 Å². The van der Waals surface area contributed by atoms with E-state index in [9.17, 15) is 22.8 Å². The highest BCUT2D eigenvalue weighted by Crippen LogP contribution is 2.27. The molecule has 8 heteroatoms. The van der Waals surface area contributed by atoms with Crippen LogP contribution in [-0.2, 0) is 9.59 Å². The Labute approximate surface area is 165 Å². The molecule has 2 aromatic rings. The monoisotopic (exact) mass is 404 g/mol. The van der Waals surface area contributed by atoms with E-state index in [0.29, 0.717) is 24.2 Å². The molecule has 0 bridgehead atoms. The number of amides is 2. The molecule has 1 fully saturated rings. The smallest absolute Gasteiger partial charge is 0.406 e. The van der Waals surface area contributed by atoms with Crippen LogP contribution in [0.15, 0.2) is 48.5 Å². The number of nitrogens with zero attached hydrogens (tertiary/aromatic N) is 1. The Balaban J connectivity index is 1.60. The topological polar surface area (TPSA) is 58.6 Å². The Hall–Kier alpha value is -3.29. The fourth-order valence-electron chi connectivity index (χ4n) is 3.08. The van der Waals surface area contributed by atoms with Crippen LogP contribution < -0.4 is 15.0 Å². The molecule has 0 radical (unpaired) electrons. The number of benzene rings is 2. The second-order valence-corrected chi connectivity index (χ2v) is 6.59. The first kappa shape index (κ1) is 20.4. The number of halogens is 3. The molecule has 1 aliphatic heterocycles. The normalized spacial score (nSPS) is 14.5. The van der Waals surface area contributed by atoms with Crippen LogP contribution in [0, 0.1) is 6.92 Å². The minimum atomic E-state index is -4.74. The van der Waals surface area contributed by atoms with Crippen molar-refractivity contribution in [1.29, 1.82) is 0 Å². The molecule has 0 saturated carbocycles. The third-order valence-corrected chi connectivity index (χ3v) is 4.37. The summed E-state index contributed by atoms with van der Waals surface area (Å²) in [7, 11) is 0. The zero-order valence-corrected chi connectivity index (χ0v) is 15.6. The molecule has 1 N–H and O–H groups in total. The lowest BCUT2D eigenvalue weighted by atomic mass is 10.1. The average Bonchev–Trinajstić information content (AvgIpc) is 3.06. The summed E-state index contributed by atoms with van der Waals surface area (Å²) in [4.78, 5) is 25.7. The van der Waals surface area contributed by atoms with Crippen molar-refractivity contribution >= 4 is 29.3 Å². The number of carbonyl (C=O) groups excluding carboxylic acids is 2. The van der Waals surface area contributed by atoms with Gasteiger partial charge in [0.25, 0.3) is 0 Å². The predicted octanol–water partition coefficient (Wildman–Crippen LogP) is 4.67. The predicted molar refractivity (Wildman–Crippen MR) is 104 cm³/mol. The van der Waals surface area contributed by atoms with Crippen molar-refractivity contribution < 1.29 is 27.5 Å². The molecular formula is C21H19F3N2O3. The van der Waals surface area contributed by atoms with Crippen LogP contribution in [0.3, 0.4) is 0 Å². The maximum Gasteiger partial charge on any atom is 0.573 e. The van der Waals surface area contributed by atoms with Crippen molar-refractivity contribution in [3.8, 4) is 5.75 Å². The molecule has 5 nitrogen and oxygen atoms in total. The van der Waals surface area contributed by atoms with Gasteiger partial charge in [-0.05, 0) is 60.9 Å². The van der Waals surface area contributed by atoms with Gasteiger partial charge in [-0.1, -0.05) is 12.1 Å². The molecule has 29 heavy (non-hydrogen) atoms. The number of ether oxygens (including phenoxy) is 1. The van der Waals surface area contributed by atoms with E-state index in [2.05, 4.69) is 10.1 Å². The number of nitrogens with one attached hydrogen (secondary N) is 1. The largest absolute Gasteiger partial charge is 0.573 e. The van der Waals surface area contributed by atoms with Gasteiger partial charge in [0.15, 0.2) is 0 Å². The molecule has 1 saturated heterocycles. The van der Waals surface area contributed by atoms with Gasteiger partial charge >= 0.3 is 6.36 Å². The fraction of sp³-hybridized carbons (Fsp3) is 0.238. The Bertz CT molecular complexity index is 937. The number of hydrogen-bond acceptors (Lipinski definition) is 3. The van der Waals surface area contributed by atoms with Gasteiger partial charge in [-0.25, -0.2) is 0 Å². The Morgan fingerprint density at radius 2 is 1.90 bits per heavy atom. The van der Waals surface area contributed by atoms with Crippen LogP contribution in [0.1, 0.15) is 24.0 Å². The molecule has 0 aliphatic carbocycles. The number of rotatable bonds is 5. The molecule has 1 aliphatic rings. The summed E-state index contributed by atoms with van der Waals surface area (Å²) >= 11 is 0. The third kappa shape index (κ3) is 5.60. The summed E-state index contributed by atoms with van der Waals surface area (Å²) in [5.41, 5.74) is 2.85. The maximum atomic E-state index is 12.2. The Morgan fingerprint density at radius 1 is 1.17 bits per heavy atom. The highest BCUT2D eigenvalue weighted by molar-refractivity contribution is 6.02. The van der Waals surface area contributed by atoms with Crippen LogP contribution in [-0.4, -0.2) is 24.7 Å². The zero-order valence-electron chi connectivity index (χ0n) is 15.6. The second kappa shape index (κ2) is 8.38. The van der Waals surface area contributed by atoms with Crippen LogP contribution in [0.5, 0.6) is 5.75 Å². The number of alkyl halides is 3. The van der Waals surface area contributed by atoms with E-state index in [1.807, 2.05) is 6.92 Å². The van der Waals surface area contributed by atoms with Crippen molar-refractivity contribution in [3.05, 3.63) is 59.7 Å². The molecule has 2 amide bonds. The number of anilines is 2. The second-order valence-electron chi connectivity index (χ2n) is 6.59. The Morgan fingerprint density at radius 3 is 2.48 bits per heavy atom. The van der Waals surface area contributed by atoms with Gasteiger partial charge in [0.2, 0.25) is 11.8 Å². The first-order valence-electron chi connectivity index (χ1n) is 8.97. The standard InChI is InChI=1S/C21H19F3N2O3/c1-14-13-16(7-10-18(14)26-12-2-3-20(26)28)25-19(27)11-6-15-4-8-17(9-5-15)29-21(22,23)24/h4-11,13H,2-3,12H2,1H3,(H,25,27)/b11-6+. The summed E-state index contributed by atoms with van der Waals surface area (Å²) in [6, 6.07) is 10.5. The fourth-order valence-corrected chi connectivity index (χ4v) is 3.08. The molecule has 0 atom stereocenters. The molecule has 2 aromatic carbocycles. The molecule has 1 heterocycles. The molecule has 152 valence electrons. The van der Waals surface area contributed by atoms with Gasteiger partial charge in [0.05, 0.1) is 0 Å². The van der Waals surface area contributed by atoms with Crippen molar-refractivity contribution in [1.82, 2.24) is 0 Å². The van der Waals surface area contributed by atoms with E-state index in [0.717, 1.165) is 17.7 Å². The highest BCUT2D eigenvalue weighted by Gasteiger charge is 2.30. The van der Waals surface area contributed by atoms with E-state index in [-0.39, 0.29) is 17.6 Å². The van der Waals surface area contributed by atoms with E-state index < -0.39 is 6.36 Å². The number of carbonyl (C=O) groups is 2. The van der Waals surface area contributed by atoms with Crippen LogP contribution >= 0.6 is 0 Å². The zero-order chi connectivity index (χ0) is 21.0. The molecule has 0 aromatic heterocycles. The molecule has 3 rings (SSSR count). The average molecular weight is 404 g/mol. The third-order valence-electron chi connectivity index (χ3n) is 4.37. The van der Waals surface area contributed by atoms with Crippen LogP contribution in [0.2, 0.25) is 0 Å². The molecule has 0 spiro atoms. The van der Waals surface area contributed by atoms with Crippen molar-refractivity contribution in [3.63, 3.8) is 0 Å². The lowest BCUT2D eigenvalue weighted by Crippen LogP contribution is -2.24. The summed E-state index contributed by atoms with van der Waals surface area (Å²) < 4.78 is 40.3. The minimum absolute atomic E-state index is 0.0967. The van der Waals surface area contributed by atoms with E-state index in [1.54, 1.807) is 23.1 Å². The first-order chi connectivity index (χ1) is 13.7. The van der Waals surface area contributed by atoms with Crippen molar-refractivity contribution in [2.45, 2.75) is 26.1 Å². The number of hydrogen-bond donors (Lipinski definition) is 1. The molecular weight excluding hydrogens is 385 g/mol. The summed E-state index contributed by atoms with van der Waals surface area (Å²) in [6.45, 7) is 2.57. The van der Waals surface area contributed by atoms with E-state index in [1.165, 1.54) is 36.4 Å². The van der Waals surface area contributed by atoms with Crippen molar-refractivity contribution in [2.24, 2.45) is 0 Å². The van der Waals surface area contributed by atoms with Gasteiger partial charge in [0.1, 0.15) is 5.75 Å². The SMILES string of the molecule is Cc1cc(NC(=O)/C=C/c2ccc(OC(F)(F)F)cc2)ccc1N1CCCC1=O. The summed E-state index contributed by atoms with van der Waals surface area (Å²) in [5.74, 6) is -0.615. The van der Waals surface area contributed by atoms with Crippen LogP contribution in [0.25, 0.3) is 6.08 Å². The van der Waals surface area contributed by atoms with E-state index >= 15 is 0 Å². The van der Waals surface area contributed by atoms with Crippen LogP contribution in [0.4, 0.5) is 24.5 Å². The van der Waals surface area contributed by atoms with Gasteiger partial charge in [0, 0.05) is 30.4 Å². The lowest BCUT2D eigenvalue weighted by molar-refractivity contribution is -0.274. The van der Waals surface area contributed by atoms with Gasteiger partial charge < -0.3 is 15.0 Å².